The van der Waals surface area contributed by atoms with Crippen LogP contribution in [-0.2, 0) is 13.1 Å². The molecule has 1 N–H and O–H groups in total. The first kappa shape index (κ1) is 16.0. The van der Waals surface area contributed by atoms with Crippen molar-refractivity contribution in [2.75, 3.05) is 34.2 Å². The first-order valence-corrected chi connectivity index (χ1v) is 8.18. The van der Waals surface area contributed by atoms with Crippen LogP contribution in [0.1, 0.15) is 24.0 Å². The Morgan fingerprint density at radius 3 is 2.55 bits per heavy atom. The van der Waals surface area contributed by atoms with E-state index >= 15 is 0 Å². The lowest BCUT2D eigenvalue weighted by atomic mass is 10.1. The summed E-state index contributed by atoms with van der Waals surface area (Å²) in [6, 6.07) is 7.52. The van der Waals surface area contributed by atoms with Crippen LogP contribution in [0.25, 0.3) is 0 Å². The van der Waals surface area contributed by atoms with E-state index in [2.05, 4.69) is 70.4 Å². The molecule has 0 aliphatic heterocycles. The van der Waals surface area contributed by atoms with Crippen LogP contribution in [0.2, 0.25) is 0 Å². The van der Waals surface area contributed by atoms with E-state index in [1.54, 1.807) is 0 Å². The van der Waals surface area contributed by atoms with Crippen molar-refractivity contribution in [3.8, 4) is 0 Å². The Morgan fingerprint density at radius 2 is 1.95 bits per heavy atom. The Bertz CT molecular complexity index is 430. The van der Waals surface area contributed by atoms with E-state index < -0.39 is 0 Å². The first-order valence-electron chi connectivity index (χ1n) is 7.38. The Balaban J connectivity index is 1.84. The zero-order valence-electron chi connectivity index (χ0n) is 12.8. The van der Waals surface area contributed by atoms with E-state index in [9.17, 15) is 0 Å². The zero-order valence-corrected chi connectivity index (χ0v) is 14.4. The van der Waals surface area contributed by atoms with Crippen molar-refractivity contribution in [1.29, 1.82) is 0 Å². The lowest BCUT2D eigenvalue weighted by molar-refractivity contribution is 0.276. The smallest absolute Gasteiger partial charge is 0.0242 e. The van der Waals surface area contributed by atoms with Gasteiger partial charge >= 0.3 is 0 Å². The average Bonchev–Trinajstić information content (AvgIpc) is 3.21. The normalized spacial score (nSPS) is 15.3. The van der Waals surface area contributed by atoms with Gasteiger partial charge in [0.15, 0.2) is 0 Å². The van der Waals surface area contributed by atoms with Crippen molar-refractivity contribution in [1.82, 2.24) is 15.1 Å². The molecule has 3 nitrogen and oxygen atoms in total. The van der Waals surface area contributed by atoms with Crippen molar-refractivity contribution in [2.24, 2.45) is 0 Å². The van der Waals surface area contributed by atoms with Crippen LogP contribution in [0.3, 0.4) is 0 Å². The third-order valence-electron chi connectivity index (χ3n) is 3.66. The summed E-state index contributed by atoms with van der Waals surface area (Å²) in [6.45, 7) is 4.16. The van der Waals surface area contributed by atoms with Gasteiger partial charge in [0.25, 0.3) is 0 Å². The molecular formula is C16H26BrN3. The number of rotatable bonds is 8. The van der Waals surface area contributed by atoms with Crippen molar-refractivity contribution < 1.29 is 0 Å². The molecule has 1 aromatic carbocycles. The fraction of sp³-hybridized carbons (Fsp3) is 0.625. The van der Waals surface area contributed by atoms with Gasteiger partial charge in [-0.3, -0.25) is 0 Å². The Morgan fingerprint density at radius 1 is 1.20 bits per heavy atom. The van der Waals surface area contributed by atoms with Crippen molar-refractivity contribution in [3.63, 3.8) is 0 Å². The van der Waals surface area contributed by atoms with Gasteiger partial charge in [0.05, 0.1) is 0 Å². The van der Waals surface area contributed by atoms with E-state index in [1.165, 1.54) is 28.4 Å². The summed E-state index contributed by atoms with van der Waals surface area (Å²) in [5, 5.41) is 3.56. The van der Waals surface area contributed by atoms with E-state index in [0.717, 1.165) is 32.2 Å². The lowest BCUT2D eigenvalue weighted by Gasteiger charge is -2.20. The van der Waals surface area contributed by atoms with Crippen LogP contribution < -0.4 is 5.32 Å². The highest BCUT2D eigenvalue weighted by atomic mass is 79.9. The van der Waals surface area contributed by atoms with Gasteiger partial charge < -0.3 is 15.1 Å². The Kier molecular flexibility index (Phi) is 6.02. The summed E-state index contributed by atoms with van der Waals surface area (Å²) < 4.78 is 1.23. The Labute approximate surface area is 131 Å². The van der Waals surface area contributed by atoms with E-state index in [0.29, 0.717) is 0 Å². The highest BCUT2D eigenvalue weighted by Gasteiger charge is 2.19. The minimum Gasteiger partial charge on any atom is -0.310 e. The molecule has 112 valence electrons. The van der Waals surface area contributed by atoms with Crippen LogP contribution in [-0.4, -0.2) is 50.1 Å². The van der Waals surface area contributed by atoms with Gasteiger partial charge in [0.2, 0.25) is 0 Å². The second-order valence-corrected chi connectivity index (χ2v) is 6.98. The van der Waals surface area contributed by atoms with Gasteiger partial charge in [-0.25, -0.2) is 0 Å². The fourth-order valence-corrected chi connectivity index (χ4v) is 2.67. The number of hydrogen-bond donors (Lipinski definition) is 1. The topological polar surface area (TPSA) is 18.5 Å². The number of nitrogens with zero attached hydrogens (tertiary/aromatic N) is 2. The minimum atomic E-state index is 0.769. The third-order valence-corrected chi connectivity index (χ3v) is 4.40. The van der Waals surface area contributed by atoms with Crippen LogP contribution in [0.15, 0.2) is 22.7 Å². The third kappa shape index (κ3) is 5.52. The van der Waals surface area contributed by atoms with Crippen LogP contribution >= 0.6 is 15.9 Å². The SMILES string of the molecule is CN(C)CCN(C)Cc1ccc(CNC2CC2)cc1Br. The summed E-state index contributed by atoms with van der Waals surface area (Å²) in [6.07, 6.45) is 2.69. The predicted octanol–water partition coefficient (Wildman–Crippen LogP) is 2.69. The predicted molar refractivity (Wildman–Crippen MR) is 88.9 cm³/mol. The fourth-order valence-electron chi connectivity index (χ4n) is 2.12. The highest BCUT2D eigenvalue weighted by molar-refractivity contribution is 9.10. The summed E-state index contributed by atoms with van der Waals surface area (Å²) in [5.74, 6) is 0. The molecule has 0 bridgehead atoms. The molecule has 0 aromatic heterocycles. The molecule has 0 saturated heterocycles. The van der Waals surface area contributed by atoms with Crippen LogP contribution in [0.4, 0.5) is 0 Å². The Hall–Kier alpha value is -0.420. The summed E-state index contributed by atoms with van der Waals surface area (Å²) >= 11 is 3.71. The maximum Gasteiger partial charge on any atom is 0.0242 e. The highest BCUT2D eigenvalue weighted by Crippen LogP contribution is 2.22. The van der Waals surface area contributed by atoms with Gasteiger partial charge in [-0.15, -0.1) is 0 Å². The number of nitrogens with one attached hydrogen (secondary N) is 1. The zero-order chi connectivity index (χ0) is 14.5. The molecule has 0 amide bonds. The van der Waals surface area contributed by atoms with E-state index in [-0.39, 0.29) is 0 Å². The standard InChI is InChI=1S/C16H26BrN3/c1-19(2)8-9-20(3)12-14-5-4-13(10-16(14)17)11-18-15-6-7-15/h4-5,10,15,18H,6-9,11-12H2,1-3H3. The first-order chi connectivity index (χ1) is 9.54. The lowest BCUT2D eigenvalue weighted by Crippen LogP contribution is -2.28. The summed E-state index contributed by atoms with van der Waals surface area (Å²) in [7, 11) is 6.41. The number of halogens is 1. The van der Waals surface area contributed by atoms with Crippen LogP contribution in [0, 0.1) is 0 Å². The molecular weight excluding hydrogens is 314 g/mol. The van der Waals surface area contributed by atoms with E-state index in [4.69, 9.17) is 0 Å². The largest absolute Gasteiger partial charge is 0.310 e. The second-order valence-electron chi connectivity index (χ2n) is 6.12. The molecule has 1 fully saturated rings. The van der Waals surface area contributed by atoms with Gasteiger partial charge in [-0.2, -0.15) is 0 Å². The molecule has 0 atom stereocenters. The number of likely N-dealkylation sites (N-methyl/N-ethyl adjacent to an activating group) is 2. The van der Waals surface area contributed by atoms with E-state index in [1.807, 2.05) is 0 Å². The average molecular weight is 340 g/mol. The molecule has 20 heavy (non-hydrogen) atoms. The van der Waals surface area contributed by atoms with Crippen molar-refractivity contribution in [3.05, 3.63) is 33.8 Å². The quantitative estimate of drug-likeness (QED) is 0.785. The molecule has 2 rings (SSSR count). The minimum absolute atomic E-state index is 0.769. The molecule has 0 radical (unpaired) electrons. The molecule has 4 heteroatoms. The van der Waals surface area contributed by atoms with Crippen LogP contribution in [0.5, 0.6) is 0 Å². The molecule has 0 heterocycles. The van der Waals surface area contributed by atoms with Crippen molar-refractivity contribution >= 4 is 15.9 Å². The molecule has 1 saturated carbocycles. The molecule has 1 aromatic rings. The maximum absolute atomic E-state index is 3.71. The van der Waals surface area contributed by atoms with Crippen molar-refractivity contribution in [2.45, 2.75) is 32.0 Å². The molecule has 0 unspecified atom stereocenters. The van der Waals surface area contributed by atoms with Gasteiger partial charge in [-0.1, -0.05) is 28.1 Å². The second kappa shape index (κ2) is 7.55. The summed E-state index contributed by atoms with van der Waals surface area (Å²) in [4.78, 5) is 4.58. The summed E-state index contributed by atoms with van der Waals surface area (Å²) in [5.41, 5.74) is 2.73. The molecule has 1 aliphatic rings. The molecule has 1 aliphatic carbocycles. The number of hydrogen-bond acceptors (Lipinski definition) is 3. The number of benzene rings is 1. The van der Waals surface area contributed by atoms with Gasteiger partial charge in [0, 0.05) is 36.7 Å². The van der Waals surface area contributed by atoms with Gasteiger partial charge in [-0.05, 0) is 51.2 Å². The monoisotopic (exact) mass is 339 g/mol. The maximum atomic E-state index is 3.71. The molecule has 0 spiro atoms. The van der Waals surface area contributed by atoms with Gasteiger partial charge in [0.1, 0.15) is 0 Å².